The molecule has 5 aliphatic carbocycles. The minimum Gasteiger partial charge on any atom is -0.481 e. The van der Waals surface area contributed by atoms with Crippen LogP contribution in [0.15, 0.2) is 11.1 Å². The van der Waals surface area contributed by atoms with Crippen molar-refractivity contribution in [3.05, 3.63) is 11.1 Å². The number of allylic oxidation sites excluding steroid dienone is 1. The molecule has 0 radical (unpaired) electrons. The van der Waals surface area contributed by atoms with Crippen LogP contribution in [0, 0.1) is 62.6 Å². The topological polar surface area (TPSA) is 107 Å². The molecule has 7 heteroatoms. The maximum Gasteiger partial charge on any atom is 0.309 e. The summed E-state index contributed by atoms with van der Waals surface area (Å²) in [6.07, 6.45) is 9.15. The number of carbonyl (C=O) groups is 4. The summed E-state index contributed by atoms with van der Waals surface area (Å²) in [6.45, 7) is 23.1. The Bertz CT molecular complexity index is 1370. The number of hydrogen-bond acceptors (Lipinski definition) is 6. The van der Waals surface area contributed by atoms with Crippen LogP contribution >= 0.6 is 0 Å². The minimum absolute atomic E-state index is 0.121. The number of esters is 2. The first-order valence-electron chi connectivity index (χ1n) is 19.5. The Kier molecular flexibility index (Phi) is 10.2. The molecule has 5 aliphatic rings. The molecule has 1 N–H and O–H groups in total. The van der Waals surface area contributed by atoms with Crippen molar-refractivity contribution in [3.8, 4) is 0 Å². The van der Waals surface area contributed by atoms with Crippen molar-refractivity contribution in [1.82, 2.24) is 0 Å². The first kappa shape index (κ1) is 38.1. The fourth-order valence-corrected chi connectivity index (χ4v) is 12.4. The lowest BCUT2D eigenvalue weighted by molar-refractivity contribution is -0.194. The summed E-state index contributed by atoms with van der Waals surface area (Å²) < 4.78 is 12.4. The van der Waals surface area contributed by atoms with Gasteiger partial charge in [-0.2, -0.15) is 0 Å². The Morgan fingerprint density at radius 2 is 1.49 bits per heavy atom. The van der Waals surface area contributed by atoms with Crippen LogP contribution in [0.1, 0.15) is 153 Å². The van der Waals surface area contributed by atoms with Crippen molar-refractivity contribution < 1.29 is 33.8 Å². The average molecular weight is 683 g/mol. The number of carbonyl (C=O) groups excluding carboxylic acids is 3. The second kappa shape index (κ2) is 13.1. The molecule has 0 heterocycles. The van der Waals surface area contributed by atoms with Gasteiger partial charge in [-0.25, -0.2) is 0 Å². The van der Waals surface area contributed by atoms with Crippen molar-refractivity contribution in [3.63, 3.8) is 0 Å². The summed E-state index contributed by atoms with van der Waals surface area (Å²) in [6, 6.07) is 0. The molecular weight excluding hydrogens is 616 g/mol. The zero-order chi connectivity index (χ0) is 36.5. The molecule has 0 aliphatic heterocycles. The molecule has 4 fully saturated rings. The van der Waals surface area contributed by atoms with Crippen LogP contribution in [0.5, 0.6) is 0 Å². The van der Waals surface area contributed by atoms with Crippen LogP contribution < -0.4 is 0 Å². The van der Waals surface area contributed by atoms with Crippen LogP contribution in [-0.4, -0.2) is 41.0 Å². The average Bonchev–Trinajstić information content (AvgIpc) is 3.29. The highest BCUT2D eigenvalue weighted by Crippen LogP contribution is 2.72. The fourth-order valence-electron chi connectivity index (χ4n) is 12.4. The normalized spacial score (nSPS) is 38.2. The summed E-state index contributed by atoms with van der Waals surface area (Å²) >= 11 is 0. The Morgan fingerprint density at radius 3 is 2.08 bits per heavy atom. The van der Waals surface area contributed by atoms with Gasteiger partial charge < -0.3 is 14.6 Å². The summed E-state index contributed by atoms with van der Waals surface area (Å²) in [5.41, 5.74) is 0.964. The number of ketones is 1. The van der Waals surface area contributed by atoms with E-state index in [0.29, 0.717) is 42.9 Å². The number of carboxylic acids is 1. The van der Waals surface area contributed by atoms with E-state index in [4.69, 9.17) is 9.47 Å². The largest absolute Gasteiger partial charge is 0.481 e. The molecule has 8 unspecified atom stereocenters. The van der Waals surface area contributed by atoms with E-state index in [1.54, 1.807) is 13.8 Å². The fraction of sp³-hybridized carbons (Fsp3) is 0.857. The summed E-state index contributed by atoms with van der Waals surface area (Å²) in [5.74, 6) is 0.891. The number of rotatable bonds is 9. The van der Waals surface area contributed by atoms with Gasteiger partial charge in [-0.15, -0.1) is 0 Å². The lowest BCUT2D eigenvalue weighted by Gasteiger charge is -2.67. The van der Waals surface area contributed by atoms with Gasteiger partial charge in [-0.1, -0.05) is 62.3 Å². The Balaban J connectivity index is 1.41. The van der Waals surface area contributed by atoms with Crippen LogP contribution in [0.3, 0.4) is 0 Å². The van der Waals surface area contributed by atoms with Gasteiger partial charge in [-0.3, -0.25) is 19.2 Å². The number of Topliss-reactive ketones (excluding diaryl/α,β-unsaturated/α-hetero) is 1. The predicted molar refractivity (Wildman–Crippen MR) is 190 cm³/mol. The second-order valence-corrected chi connectivity index (χ2v) is 19.7. The van der Waals surface area contributed by atoms with Gasteiger partial charge in [0.1, 0.15) is 12.2 Å². The maximum absolute atomic E-state index is 14.0. The van der Waals surface area contributed by atoms with E-state index in [1.165, 1.54) is 5.57 Å². The highest BCUT2D eigenvalue weighted by Gasteiger charge is 2.66. The third-order valence-electron chi connectivity index (χ3n) is 14.6. The zero-order valence-electron chi connectivity index (χ0n) is 32.5. The second-order valence-electron chi connectivity index (χ2n) is 19.7. The van der Waals surface area contributed by atoms with Gasteiger partial charge in [0.15, 0.2) is 5.78 Å². The van der Waals surface area contributed by atoms with Gasteiger partial charge in [-0.05, 0) is 135 Å². The number of fused-ring (bicyclic) bond motifs is 7. The summed E-state index contributed by atoms with van der Waals surface area (Å²) in [5, 5.41) is 9.54. The first-order chi connectivity index (χ1) is 22.6. The van der Waals surface area contributed by atoms with Crippen molar-refractivity contribution in [2.45, 2.75) is 165 Å². The molecule has 276 valence electrons. The SMILES string of the molecule is CC[C@@H](OC(=O)CC(C)(C)C)C12CCC3C(CCC4C5(C)CCC(OC(=O)CC(C)(C)C(=O)O)C(C)C5CC[C@@]34C)C1=C(C(C)C)C(=O)C2. The monoisotopic (exact) mass is 682 g/mol. The van der Waals surface area contributed by atoms with Crippen molar-refractivity contribution >= 4 is 23.7 Å². The smallest absolute Gasteiger partial charge is 0.309 e. The molecule has 0 aromatic heterocycles. The van der Waals surface area contributed by atoms with Gasteiger partial charge >= 0.3 is 17.9 Å². The Hall–Kier alpha value is -2.18. The van der Waals surface area contributed by atoms with Crippen LogP contribution in [0.25, 0.3) is 0 Å². The van der Waals surface area contributed by atoms with Crippen LogP contribution in [0.4, 0.5) is 0 Å². The number of aliphatic carboxylic acids is 1. The lowest BCUT2D eigenvalue weighted by Crippen LogP contribution is -2.61. The lowest BCUT2D eigenvalue weighted by atomic mass is 9.38. The van der Waals surface area contributed by atoms with E-state index in [1.807, 2.05) is 0 Å². The molecule has 0 bridgehead atoms. The summed E-state index contributed by atoms with van der Waals surface area (Å²) in [7, 11) is 0. The summed E-state index contributed by atoms with van der Waals surface area (Å²) in [4.78, 5) is 51.8. The Morgan fingerprint density at radius 1 is 0.878 bits per heavy atom. The Labute approximate surface area is 296 Å². The van der Waals surface area contributed by atoms with E-state index in [-0.39, 0.29) is 58.5 Å². The van der Waals surface area contributed by atoms with Crippen molar-refractivity contribution in [2.75, 3.05) is 0 Å². The molecule has 10 atom stereocenters. The molecule has 0 amide bonds. The quantitative estimate of drug-likeness (QED) is 0.242. The van der Waals surface area contributed by atoms with E-state index in [0.717, 1.165) is 56.9 Å². The van der Waals surface area contributed by atoms with E-state index < -0.39 is 22.8 Å². The molecule has 7 nitrogen and oxygen atoms in total. The van der Waals surface area contributed by atoms with E-state index >= 15 is 0 Å². The molecule has 0 aromatic rings. The molecule has 0 spiro atoms. The molecule has 4 saturated carbocycles. The standard InChI is InChI=1S/C42H66O7/c1-12-32(49-33(44)22-38(5,6)7)42-20-16-28-26(36(42)35(24(2)3)29(43)21-42)13-14-31-40(10)19-17-30(25(4)27(40)15-18-41(28,31)11)48-34(45)23-39(8,9)37(46)47/h24-28,30-32H,12-23H2,1-11H3,(H,46,47)/t25?,26?,27?,28?,30?,31?,32-,40?,41+,42?/m1/s1. The van der Waals surface area contributed by atoms with Crippen molar-refractivity contribution in [2.24, 2.45) is 62.6 Å². The third-order valence-corrected chi connectivity index (χ3v) is 14.6. The predicted octanol–water partition coefficient (Wildman–Crippen LogP) is 9.36. The van der Waals surface area contributed by atoms with E-state index in [2.05, 4.69) is 62.3 Å². The molecule has 0 aromatic carbocycles. The molecule has 0 saturated heterocycles. The zero-order valence-corrected chi connectivity index (χ0v) is 32.5. The van der Waals surface area contributed by atoms with E-state index in [9.17, 15) is 24.3 Å². The molecular formula is C42H66O7. The highest BCUT2D eigenvalue weighted by atomic mass is 16.5. The minimum atomic E-state index is -1.15. The molecule has 5 rings (SSSR count). The van der Waals surface area contributed by atoms with Crippen LogP contribution in [0.2, 0.25) is 0 Å². The molecule has 49 heavy (non-hydrogen) atoms. The van der Waals surface area contributed by atoms with Crippen molar-refractivity contribution in [1.29, 1.82) is 0 Å². The first-order valence-corrected chi connectivity index (χ1v) is 19.5. The highest BCUT2D eigenvalue weighted by molar-refractivity contribution is 6.00. The van der Waals surface area contributed by atoms with Gasteiger partial charge in [0.25, 0.3) is 0 Å². The van der Waals surface area contributed by atoms with Gasteiger partial charge in [0, 0.05) is 11.8 Å². The number of ether oxygens (including phenoxy) is 2. The number of carboxylic acid groups (broad SMARTS) is 1. The third kappa shape index (κ3) is 6.56. The van der Waals surface area contributed by atoms with Gasteiger partial charge in [0.2, 0.25) is 0 Å². The maximum atomic E-state index is 14.0. The number of hydrogen-bond donors (Lipinski definition) is 1. The van der Waals surface area contributed by atoms with Crippen LogP contribution in [-0.2, 0) is 28.7 Å². The van der Waals surface area contributed by atoms with Gasteiger partial charge in [0.05, 0.1) is 18.3 Å².